The lowest BCUT2D eigenvalue weighted by Gasteiger charge is -2.16. The molecule has 2 aromatic heterocycles. The highest BCUT2D eigenvalue weighted by Gasteiger charge is 2.18. The van der Waals surface area contributed by atoms with E-state index in [0.29, 0.717) is 11.8 Å². The Kier molecular flexibility index (Phi) is 2.73. The molecule has 0 bridgehead atoms. The molecular weight excluding hydrogens is 192 g/mol. The number of hydrogen-bond donors (Lipinski definition) is 0. The van der Waals surface area contributed by atoms with Crippen LogP contribution in [0.15, 0.2) is 40.3 Å². The Morgan fingerprint density at radius 1 is 1.14 bits per heavy atom. The second-order valence-electron chi connectivity index (χ2n) is 3.61. The van der Waals surface area contributed by atoms with E-state index in [1.165, 1.54) is 4.88 Å². The van der Waals surface area contributed by atoms with Crippen LogP contribution in [0.5, 0.6) is 0 Å². The Bertz CT molecular complexity index is 323. The van der Waals surface area contributed by atoms with E-state index in [0.717, 1.165) is 5.76 Å². The molecule has 0 aliphatic heterocycles. The van der Waals surface area contributed by atoms with E-state index >= 15 is 0 Å². The first kappa shape index (κ1) is 9.53. The number of rotatable bonds is 3. The van der Waals surface area contributed by atoms with E-state index in [1.807, 2.05) is 17.4 Å². The summed E-state index contributed by atoms with van der Waals surface area (Å²) in [7, 11) is 0. The van der Waals surface area contributed by atoms with Gasteiger partial charge in [0, 0.05) is 16.7 Å². The molecule has 0 aliphatic rings. The quantitative estimate of drug-likeness (QED) is 0.731. The first-order valence-electron chi connectivity index (χ1n) is 4.86. The van der Waals surface area contributed by atoms with Crippen LogP contribution >= 0.6 is 11.3 Å². The highest BCUT2D eigenvalue weighted by atomic mass is 32.1. The van der Waals surface area contributed by atoms with Gasteiger partial charge in [-0.1, -0.05) is 19.9 Å². The highest BCUT2D eigenvalue weighted by Crippen LogP contribution is 2.34. The van der Waals surface area contributed by atoms with E-state index in [2.05, 4.69) is 37.4 Å². The Morgan fingerprint density at radius 3 is 2.57 bits per heavy atom. The summed E-state index contributed by atoms with van der Waals surface area (Å²) >= 11 is 1.81. The molecule has 0 amide bonds. The largest absolute Gasteiger partial charge is 0.469 e. The first-order valence-corrected chi connectivity index (χ1v) is 5.74. The van der Waals surface area contributed by atoms with Crippen molar-refractivity contribution < 1.29 is 4.42 Å². The van der Waals surface area contributed by atoms with Crippen molar-refractivity contribution in [2.24, 2.45) is 0 Å². The zero-order chi connectivity index (χ0) is 9.97. The Balaban J connectivity index is 2.16. The molecule has 0 fully saturated rings. The van der Waals surface area contributed by atoms with Crippen molar-refractivity contribution in [2.75, 3.05) is 0 Å². The number of furan rings is 1. The van der Waals surface area contributed by atoms with Crippen molar-refractivity contribution in [3.05, 3.63) is 46.5 Å². The minimum absolute atomic E-state index is 0.448. The molecule has 14 heavy (non-hydrogen) atoms. The third-order valence-electron chi connectivity index (χ3n) is 2.73. The van der Waals surface area contributed by atoms with Crippen LogP contribution in [0.25, 0.3) is 0 Å². The number of thiophene rings is 1. The normalized spacial score (nSPS) is 15.3. The predicted octanol–water partition coefficient (Wildman–Crippen LogP) is 4.25. The van der Waals surface area contributed by atoms with E-state index in [4.69, 9.17) is 4.42 Å². The molecule has 2 atom stereocenters. The van der Waals surface area contributed by atoms with E-state index < -0.39 is 0 Å². The third kappa shape index (κ3) is 1.75. The highest BCUT2D eigenvalue weighted by molar-refractivity contribution is 7.10. The molecule has 74 valence electrons. The van der Waals surface area contributed by atoms with Gasteiger partial charge in [0.2, 0.25) is 0 Å². The van der Waals surface area contributed by atoms with Gasteiger partial charge in [-0.25, -0.2) is 0 Å². The molecule has 0 saturated heterocycles. The van der Waals surface area contributed by atoms with Gasteiger partial charge >= 0.3 is 0 Å². The maximum Gasteiger partial charge on any atom is 0.107 e. The zero-order valence-electron chi connectivity index (χ0n) is 8.44. The number of hydrogen-bond acceptors (Lipinski definition) is 2. The summed E-state index contributed by atoms with van der Waals surface area (Å²) in [5.74, 6) is 2.05. The van der Waals surface area contributed by atoms with Gasteiger partial charge in [-0.2, -0.15) is 0 Å². The van der Waals surface area contributed by atoms with Crippen LogP contribution in [0.2, 0.25) is 0 Å². The molecule has 0 spiro atoms. The molecule has 2 unspecified atom stereocenters. The molecule has 1 nitrogen and oxygen atoms in total. The van der Waals surface area contributed by atoms with Gasteiger partial charge in [-0.3, -0.25) is 0 Å². The fourth-order valence-corrected chi connectivity index (χ4v) is 2.48. The summed E-state index contributed by atoms with van der Waals surface area (Å²) in [6.07, 6.45) is 1.74. The van der Waals surface area contributed by atoms with Crippen LogP contribution in [-0.2, 0) is 0 Å². The van der Waals surface area contributed by atoms with Gasteiger partial charge in [0.1, 0.15) is 5.76 Å². The second-order valence-corrected chi connectivity index (χ2v) is 4.59. The van der Waals surface area contributed by atoms with Crippen molar-refractivity contribution in [3.63, 3.8) is 0 Å². The zero-order valence-corrected chi connectivity index (χ0v) is 9.25. The lowest BCUT2D eigenvalue weighted by Crippen LogP contribution is -2.01. The monoisotopic (exact) mass is 206 g/mol. The average molecular weight is 206 g/mol. The average Bonchev–Trinajstić information content (AvgIpc) is 2.87. The lowest BCUT2D eigenvalue weighted by atomic mass is 9.92. The van der Waals surface area contributed by atoms with Crippen LogP contribution in [0.4, 0.5) is 0 Å². The van der Waals surface area contributed by atoms with Crippen LogP contribution in [0.3, 0.4) is 0 Å². The summed E-state index contributed by atoms with van der Waals surface area (Å²) < 4.78 is 5.42. The van der Waals surface area contributed by atoms with Crippen LogP contribution in [-0.4, -0.2) is 0 Å². The van der Waals surface area contributed by atoms with E-state index in [-0.39, 0.29) is 0 Å². The third-order valence-corrected chi connectivity index (χ3v) is 3.81. The Morgan fingerprint density at radius 2 is 2.00 bits per heavy atom. The predicted molar refractivity (Wildman–Crippen MR) is 59.9 cm³/mol. The SMILES string of the molecule is CC(c1ccco1)C(C)c1cccs1. The summed E-state index contributed by atoms with van der Waals surface area (Å²) in [4.78, 5) is 1.42. The summed E-state index contributed by atoms with van der Waals surface area (Å²) in [6.45, 7) is 4.46. The molecule has 2 heteroatoms. The van der Waals surface area contributed by atoms with E-state index in [1.54, 1.807) is 6.26 Å². The fourth-order valence-electron chi connectivity index (χ4n) is 1.59. The Hall–Kier alpha value is -1.02. The standard InChI is InChI=1S/C12H14OS/c1-9(11-5-3-7-13-11)10(2)12-6-4-8-14-12/h3-10H,1-2H3. The molecule has 0 radical (unpaired) electrons. The summed E-state index contributed by atoms with van der Waals surface area (Å²) in [5.41, 5.74) is 0. The van der Waals surface area contributed by atoms with Crippen molar-refractivity contribution >= 4 is 11.3 Å². The van der Waals surface area contributed by atoms with Gasteiger partial charge in [-0.15, -0.1) is 11.3 Å². The van der Waals surface area contributed by atoms with E-state index in [9.17, 15) is 0 Å². The molecule has 0 saturated carbocycles. The summed E-state index contributed by atoms with van der Waals surface area (Å²) in [5, 5.41) is 2.13. The molecule has 2 aromatic rings. The summed E-state index contributed by atoms with van der Waals surface area (Å²) in [6, 6.07) is 8.29. The van der Waals surface area contributed by atoms with Crippen molar-refractivity contribution in [2.45, 2.75) is 25.7 Å². The van der Waals surface area contributed by atoms with Gasteiger partial charge in [0.25, 0.3) is 0 Å². The fraction of sp³-hybridized carbons (Fsp3) is 0.333. The minimum Gasteiger partial charge on any atom is -0.469 e. The molecule has 2 heterocycles. The van der Waals surface area contributed by atoms with Gasteiger partial charge in [0.05, 0.1) is 6.26 Å². The van der Waals surface area contributed by atoms with Crippen molar-refractivity contribution in [1.29, 1.82) is 0 Å². The van der Waals surface area contributed by atoms with Crippen LogP contribution in [0.1, 0.15) is 36.3 Å². The maximum absolute atomic E-state index is 5.42. The van der Waals surface area contributed by atoms with Gasteiger partial charge in [-0.05, 0) is 23.6 Å². The molecule has 0 N–H and O–H groups in total. The van der Waals surface area contributed by atoms with Gasteiger partial charge < -0.3 is 4.42 Å². The maximum atomic E-state index is 5.42. The molecular formula is C12H14OS. The minimum atomic E-state index is 0.448. The van der Waals surface area contributed by atoms with Gasteiger partial charge in [0.15, 0.2) is 0 Å². The van der Waals surface area contributed by atoms with Crippen molar-refractivity contribution in [1.82, 2.24) is 0 Å². The molecule has 0 aromatic carbocycles. The molecule has 2 rings (SSSR count). The first-order chi connectivity index (χ1) is 6.79. The molecule has 0 aliphatic carbocycles. The van der Waals surface area contributed by atoms with Crippen LogP contribution in [0, 0.1) is 0 Å². The smallest absolute Gasteiger partial charge is 0.107 e. The Labute approximate surface area is 88.4 Å². The lowest BCUT2D eigenvalue weighted by molar-refractivity contribution is 0.448. The van der Waals surface area contributed by atoms with Crippen molar-refractivity contribution in [3.8, 4) is 0 Å². The topological polar surface area (TPSA) is 13.1 Å². The second kappa shape index (κ2) is 4.01. The van der Waals surface area contributed by atoms with Crippen LogP contribution < -0.4 is 0 Å².